The van der Waals surface area contributed by atoms with E-state index in [-0.39, 0.29) is 43.0 Å². The summed E-state index contributed by atoms with van der Waals surface area (Å²) in [6.07, 6.45) is 19.3. The summed E-state index contributed by atoms with van der Waals surface area (Å²) in [6.45, 7) is 24.2. The van der Waals surface area contributed by atoms with Crippen molar-refractivity contribution in [3.05, 3.63) is 294 Å². The van der Waals surface area contributed by atoms with Crippen molar-refractivity contribution in [2.75, 3.05) is 33.1 Å². The molecule has 4 aliphatic heterocycles. The molecule has 0 fully saturated rings. The molecule has 0 spiro atoms. The van der Waals surface area contributed by atoms with Crippen LogP contribution in [-0.4, -0.2) is 85.4 Å². The summed E-state index contributed by atoms with van der Waals surface area (Å²) in [5.74, 6) is -0.0630. The zero-order chi connectivity index (χ0) is 76.0. The number of fused-ring (bicyclic) bond motifs is 12. The Morgan fingerprint density at radius 3 is 1.43 bits per heavy atom. The van der Waals surface area contributed by atoms with Gasteiger partial charge in [-0.15, -0.1) is 10.2 Å². The number of anilines is 1. The van der Waals surface area contributed by atoms with E-state index in [1.165, 1.54) is 123 Å². The normalized spacial score (nSPS) is 16.4. The zero-order valence-corrected chi connectivity index (χ0v) is 63.3. The first-order valence-corrected chi connectivity index (χ1v) is 36.7. The number of allylic oxidation sites excluding steroid dienone is 10. The van der Waals surface area contributed by atoms with E-state index in [4.69, 9.17) is 18.6 Å². The van der Waals surface area contributed by atoms with Crippen LogP contribution in [0.1, 0.15) is 109 Å². The van der Waals surface area contributed by atoms with Gasteiger partial charge in [0.05, 0.1) is 37.8 Å². The molecule has 0 saturated carbocycles. The van der Waals surface area contributed by atoms with Crippen molar-refractivity contribution in [2.24, 2.45) is 0 Å². The SMILES string of the molecule is CC(=O)C(C=CC=CC1=[N+](C)c2ccc3ccccc3c2C1(C)C)c1ccccc1.CC1=[N+](C)c2c(ccc3ccccc23)C1(C)C.CN1C(=CC=CC=CC2=[N+](C)c3c(ccc4ccccc34)C2(C)C)C(C)(C)c2c1ccc1ccccc21.Cc1ccc(S(=O)(=O)[O-])cc1.FB(F)F.[F-].[O-][Cl+3]([O-])([O-])[O-]. The van der Waals surface area contributed by atoms with Crippen LogP contribution >= 0.6 is 0 Å². The Labute approximate surface area is 616 Å². The van der Waals surface area contributed by atoms with Crippen LogP contribution in [0.4, 0.5) is 35.7 Å². The highest BCUT2D eigenvalue weighted by Crippen LogP contribution is 2.51. The van der Waals surface area contributed by atoms with Crippen LogP contribution < -0.4 is 28.2 Å². The highest BCUT2D eigenvalue weighted by molar-refractivity contribution is 7.85. The fourth-order valence-corrected chi connectivity index (χ4v) is 15.4. The van der Waals surface area contributed by atoms with E-state index < -0.39 is 27.9 Å². The molecule has 0 bridgehead atoms. The number of carbonyl (C=O) groups excluding carboxylic acids is 1. The molecule has 10 aromatic carbocycles. The van der Waals surface area contributed by atoms with Crippen LogP contribution in [0.3, 0.4) is 0 Å². The Bertz CT molecular complexity index is 5280. The third kappa shape index (κ3) is 17.6. The predicted octanol–water partition coefficient (Wildman–Crippen LogP) is 12.6. The van der Waals surface area contributed by atoms with Gasteiger partial charge in [0.15, 0.2) is 17.1 Å². The lowest BCUT2D eigenvalue weighted by Crippen LogP contribution is -3.00. The van der Waals surface area contributed by atoms with Gasteiger partial charge >= 0.3 is 7.54 Å². The maximum Gasteiger partial charge on any atom is 0.762 e. The molecule has 1 unspecified atom stereocenters. The Morgan fingerprint density at radius 1 is 0.505 bits per heavy atom. The molecular weight excluding hydrogens is 1370 g/mol. The molecule has 1 atom stereocenters. The number of likely N-dealkylation sites (N-methyl/N-ethyl adjacent to an activating group) is 1. The fraction of sp³-hybridized carbons (Fsp3) is 0.233. The van der Waals surface area contributed by atoms with Gasteiger partial charge < -0.3 is 14.2 Å². The molecule has 4 aliphatic rings. The Kier molecular flexibility index (Phi) is 25.2. The Morgan fingerprint density at radius 2 is 0.924 bits per heavy atom. The van der Waals surface area contributed by atoms with Gasteiger partial charge in [0.25, 0.3) is 0 Å². The summed E-state index contributed by atoms with van der Waals surface area (Å²) < 4.78 is 101. The summed E-state index contributed by atoms with van der Waals surface area (Å²) in [4.78, 5) is 14.3. The third-order valence-electron chi connectivity index (χ3n) is 20.3. The number of hydrogen-bond acceptors (Lipinski definition) is 9. The average molecular weight is 1460 g/mol. The van der Waals surface area contributed by atoms with Crippen molar-refractivity contribution < 1.29 is 78.0 Å². The van der Waals surface area contributed by atoms with Crippen molar-refractivity contribution in [1.29, 1.82) is 0 Å². The standard InChI is InChI=1S/C35H35N2.C28H28NO.C16H18N.C7H8O3S.BF3.ClHO4.FH/c1-34(2)28-22-20-25-15-11-13-17-27(25)33(28)37(6)30(34)18-8-7-9-19-31-35(3,4)32-26-16-12-10-14-24(26)21-23-29(32)36(31)5;1-20(30)23(21-12-6-5-7-13-21)15-10-11-17-26-28(2,3)27-24-16-9-8-14-22(24)18-19-25(27)29(26)4;1-11-16(2,3)14-10-9-12-7-5-6-8-13(12)15(14)17(11)4;1-6-2-4-7(5-3-6)11(8,9)10;2-1(3)4;2-1(3,4)5;/h7-23H,1-6H3;5-19,23H,1-4H3;5-10H,1-4H3;2-5H,1H3,(H,8,9,10);;(H,2,3,4,5);1H/q3*+1;;;;/p-3. The minimum absolute atomic E-state index is 0. The predicted molar refractivity (Wildman–Crippen MR) is 407 cm³/mol. The van der Waals surface area contributed by atoms with E-state index in [1.54, 1.807) is 19.1 Å². The summed E-state index contributed by atoms with van der Waals surface area (Å²) in [5, 5.41) is 10.5. The molecule has 0 aliphatic carbocycles. The topological polar surface area (TPSA) is 179 Å². The third-order valence-corrected chi connectivity index (χ3v) is 21.2. The van der Waals surface area contributed by atoms with Crippen molar-refractivity contribution in [2.45, 2.75) is 109 Å². The molecule has 4 heterocycles. The quantitative estimate of drug-likeness (QED) is 0.0447. The lowest BCUT2D eigenvalue weighted by Gasteiger charge is -2.24. The average Bonchev–Trinajstić information content (AvgIpc) is 1.60. The van der Waals surface area contributed by atoms with Crippen LogP contribution in [0.25, 0.3) is 43.1 Å². The number of halogens is 5. The highest BCUT2D eigenvalue weighted by atomic mass is 35.7. The van der Waals surface area contributed by atoms with Crippen LogP contribution in [0.2, 0.25) is 0 Å². The summed E-state index contributed by atoms with van der Waals surface area (Å²) in [5.41, 5.74) is 18.1. The number of rotatable bonds is 9. The number of ketones is 1. The number of hydrogen-bond donors (Lipinski definition) is 0. The minimum Gasteiger partial charge on any atom is -1.00 e. The summed E-state index contributed by atoms with van der Waals surface area (Å²) in [7, 11) is -4.19. The van der Waals surface area contributed by atoms with Gasteiger partial charge in [-0.25, -0.2) is 31.6 Å². The molecule has 12 nitrogen and oxygen atoms in total. The van der Waals surface area contributed by atoms with Gasteiger partial charge in [-0.3, -0.25) is 17.7 Å². The van der Waals surface area contributed by atoms with Gasteiger partial charge in [0.1, 0.15) is 37.0 Å². The molecule has 0 radical (unpaired) electrons. The summed E-state index contributed by atoms with van der Waals surface area (Å²) >= 11 is 0. The fourth-order valence-electron chi connectivity index (χ4n) is 14.9. The number of Topliss-reactive ketones (excluding diaryl/α,β-unsaturated/α-hetero) is 1. The first kappa shape index (κ1) is 80.9. The van der Waals surface area contributed by atoms with E-state index >= 15 is 0 Å². The highest BCUT2D eigenvalue weighted by Gasteiger charge is 2.46. The summed E-state index contributed by atoms with van der Waals surface area (Å²) in [6, 6.07) is 68.3. The van der Waals surface area contributed by atoms with Gasteiger partial charge in [-0.1, -0.05) is 214 Å². The lowest BCUT2D eigenvalue weighted by molar-refractivity contribution is -2.00. The first-order valence-electron chi connectivity index (χ1n) is 34.1. The number of aryl methyl sites for hydroxylation is 1. The maximum absolute atomic E-state index is 12.1. The maximum atomic E-state index is 12.1. The van der Waals surface area contributed by atoms with Gasteiger partial charge in [-0.2, -0.15) is 9.15 Å². The minimum atomic E-state index is -4.94. The largest absolute Gasteiger partial charge is 1.00 e. The molecule has 0 saturated heterocycles. The van der Waals surface area contributed by atoms with E-state index in [9.17, 15) is 30.7 Å². The van der Waals surface area contributed by atoms with Crippen LogP contribution in [0.15, 0.2) is 265 Å². The number of benzene rings is 10. The van der Waals surface area contributed by atoms with Crippen LogP contribution in [0, 0.1) is 17.2 Å². The van der Waals surface area contributed by atoms with Gasteiger partial charge in [-0.05, 0) is 141 Å². The monoisotopic (exact) mass is 1460 g/mol. The van der Waals surface area contributed by atoms with Gasteiger partial charge in [0, 0.05) is 65.7 Å². The van der Waals surface area contributed by atoms with Gasteiger partial charge in [0.2, 0.25) is 17.1 Å². The van der Waals surface area contributed by atoms with Crippen molar-refractivity contribution in [3.63, 3.8) is 0 Å². The van der Waals surface area contributed by atoms with Crippen LogP contribution in [-0.2, 0) is 36.6 Å². The molecule has 0 aromatic heterocycles. The van der Waals surface area contributed by atoms with E-state index in [0.717, 1.165) is 11.1 Å². The van der Waals surface area contributed by atoms with Crippen molar-refractivity contribution in [1.82, 2.24) is 0 Å². The first-order chi connectivity index (χ1) is 48.9. The van der Waals surface area contributed by atoms with E-state index in [2.05, 4.69) is 297 Å². The molecule has 0 amide bonds. The van der Waals surface area contributed by atoms with Crippen molar-refractivity contribution >= 4 is 106 Å². The smallest absolute Gasteiger partial charge is 0.762 e. The van der Waals surface area contributed by atoms with E-state index in [0.29, 0.717) is 0 Å². The molecule has 0 N–H and O–H groups in total. The molecule has 544 valence electrons. The zero-order valence-electron chi connectivity index (χ0n) is 61.8. The number of carbonyl (C=O) groups is 1. The second-order valence-electron chi connectivity index (χ2n) is 28.3. The molecule has 19 heteroatoms. The molecule has 14 rings (SSSR count). The molecular formula is C86H88BClF4N4O8S. The number of nitrogens with zero attached hydrogens (tertiary/aromatic N) is 4. The second kappa shape index (κ2) is 32.7. The lowest BCUT2D eigenvalue weighted by atomic mass is 9.79. The Balaban J connectivity index is 0.000000182. The second-order valence-corrected chi connectivity index (χ2v) is 30.4. The molecule has 105 heavy (non-hydrogen) atoms. The van der Waals surface area contributed by atoms with E-state index in [1.807, 2.05) is 49.4 Å². The Hall–Kier alpha value is -9.76. The van der Waals surface area contributed by atoms with Crippen molar-refractivity contribution in [3.8, 4) is 0 Å². The van der Waals surface area contributed by atoms with Crippen LogP contribution in [0.5, 0.6) is 0 Å². The molecule has 10 aromatic rings.